The first-order chi connectivity index (χ1) is 6.33. The van der Waals surface area contributed by atoms with E-state index in [1.807, 2.05) is 0 Å². The second-order valence-electron chi connectivity index (χ2n) is 4.06. The topological polar surface area (TPSA) is 46.0 Å². The van der Waals surface area contributed by atoms with E-state index < -0.39 is 5.60 Å². The van der Waals surface area contributed by atoms with Gasteiger partial charge in [-0.3, -0.25) is 9.97 Å². The van der Waals surface area contributed by atoms with Crippen LogP contribution in [0.3, 0.4) is 0 Å². The van der Waals surface area contributed by atoms with Gasteiger partial charge >= 0.3 is 0 Å². The Bertz CT molecular complexity index is 315. The van der Waals surface area contributed by atoms with Crippen LogP contribution in [0.15, 0.2) is 18.6 Å². The molecule has 1 aromatic heterocycles. The van der Waals surface area contributed by atoms with Crippen molar-refractivity contribution in [2.45, 2.75) is 24.9 Å². The summed E-state index contributed by atoms with van der Waals surface area (Å²) in [5.74, 6) is 0.924. The van der Waals surface area contributed by atoms with Gasteiger partial charge in [-0.25, -0.2) is 0 Å². The van der Waals surface area contributed by atoms with Crippen molar-refractivity contribution < 1.29 is 5.11 Å². The van der Waals surface area contributed by atoms with Crippen LogP contribution in [0.1, 0.15) is 25.0 Å². The predicted molar refractivity (Wildman–Crippen MR) is 46.8 cm³/mol. The van der Waals surface area contributed by atoms with Crippen LogP contribution in [0.5, 0.6) is 0 Å². The molecule has 2 unspecified atom stereocenters. The summed E-state index contributed by atoms with van der Waals surface area (Å²) in [4.78, 5) is 8.18. The first-order valence-electron chi connectivity index (χ1n) is 4.82. The molecule has 2 atom stereocenters. The van der Waals surface area contributed by atoms with E-state index >= 15 is 0 Å². The molecule has 3 rings (SSSR count). The van der Waals surface area contributed by atoms with Crippen LogP contribution >= 0.6 is 0 Å². The summed E-state index contributed by atoms with van der Waals surface area (Å²) in [6.45, 7) is 0. The lowest BCUT2D eigenvalue weighted by atomic mass is 10.1. The third-order valence-electron chi connectivity index (χ3n) is 3.51. The largest absolute Gasteiger partial charge is 0.383 e. The van der Waals surface area contributed by atoms with Crippen LogP contribution in [-0.2, 0) is 5.60 Å². The molecular formula is C10H12N2O. The highest BCUT2D eigenvalue weighted by Crippen LogP contribution is 2.65. The van der Waals surface area contributed by atoms with E-state index in [0.717, 1.165) is 18.5 Å². The van der Waals surface area contributed by atoms with Crippen molar-refractivity contribution >= 4 is 0 Å². The third-order valence-corrected chi connectivity index (χ3v) is 3.51. The lowest BCUT2D eigenvalue weighted by Crippen LogP contribution is -2.15. The standard InChI is InChI=1S/C10H12N2O/c13-10(7-2-1-3-8(7)10)9-6-11-4-5-12-9/h4-8,13H,1-3H2. The fourth-order valence-electron chi connectivity index (χ4n) is 2.81. The minimum Gasteiger partial charge on any atom is -0.383 e. The zero-order valence-electron chi connectivity index (χ0n) is 7.35. The number of hydrogen-bond donors (Lipinski definition) is 1. The highest BCUT2D eigenvalue weighted by Gasteiger charge is 2.67. The van der Waals surface area contributed by atoms with Crippen molar-refractivity contribution in [1.82, 2.24) is 9.97 Å². The highest BCUT2D eigenvalue weighted by atomic mass is 16.3. The molecule has 1 heterocycles. The smallest absolute Gasteiger partial charge is 0.114 e. The SMILES string of the molecule is OC1(c2cnccn2)C2CCCC21. The maximum Gasteiger partial charge on any atom is 0.114 e. The van der Waals surface area contributed by atoms with Crippen LogP contribution < -0.4 is 0 Å². The van der Waals surface area contributed by atoms with Gasteiger partial charge < -0.3 is 5.11 Å². The Kier molecular flexibility index (Phi) is 1.31. The van der Waals surface area contributed by atoms with Crippen molar-refractivity contribution in [3.63, 3.8) is 0 Å². The molecule has 1 N–H and O–H groups in total. The first kappa shape index (κ1) is 7.44. The molecule has 13 heavy (non-hydrogen) atoms. The highest BCUT2D eigenvalue weighted by molar-refractivity contribution is 5.26. The number of aromatic nitrogens is 2. The Balaban J connectivity index is 1.95. The van der Waals surface area contributed by atoms with Crippen molar-refractivity contribution in [3.05, 3.63) is 24.3 Å². The van der Waals surface area contributed by atoms with Gasteiger partial charge in [0.15, 0.2) is 0 Å². The molecule has 0 radical (unpaired) electrons. The molecule has 0 spiro atoms. The fraction of sp³-hybridized carbons (Fsp3) is 0.600. The number of hydrogen-bond acceptors (Lipinski definition) is 3. The third kappa shape index (κ3) is 0.826. The van der Waals surface area contributed by atoms with Crippen LogP contribution in [0.4, 0.5) is 0 Å². The average molecular weight is 176 g/mol. The molecule has 0 bridgehead atoms. The van der Waals surface area contributed by atoms with Crippen LogP contribution in [0.25, 0.3) is 0 Å². The van der Waals surface area contributed by atoms with Crippen molar-refractivity contribution in [1.29, 1.82) is 0 Å². The van der Waals surface area contributed by atoms with Crippen molar-refractivity contribution in [3.8, 4) is 0 Å². The zero-order valence-corrected chi connectivity index (χ0v) is 7.35. The minimum absolute atomic E-state index is 0.462. The Morgan fingerprint density at radius 3 is 2.69 bits per heavy atom. The van der Waals surface area contributed by atoms with Gasteiger partial charge in [-0.2, -0.15) is 0 Å². The van der Waals surface area contributed by atoms with E-state index in [-0.39, 0.29) is 0 Å². The second-order valence-corrected chi connectivity index (χ2v) is 4.06. The summed E-state index contributed by atoms with van der Waals surface area (Å²) >= 11 is 0. The fourth-order valence-corrected chi connectivity index (χ4v) is 2.81. The quantitative estimate of drug-likeness (QED) is 0.696. The number of fused-ring (bicyclic) bond motifs is 1. The second kappa shape index (κ2) is 2.29. The van der Waals surface area contributed by atoms with E-state index in [4.69, 9.17) is 0 Å². The maximum absolute atomic E-state index is 10.3. The molecule has 2 saturated carbocycles. The summed E-state index contributed by atoms with van der Waals surface area (Å²) < 4.78 is 0. The molecule has 3 nitrogen and oxygen atoms in total. The van der Waals surface area contributed by atoms with Gasteiger partial charge in [0.05, 0.1) is 11.9 Å². The lowest BCUT2D eigenvalue weighted by Gasteiger charge is -2.12. The first-order valence-corrected chi connectivity index (χ1v) is 4.82. The van der Waals surface area contributed by atoms with Gasteiger partial charge in [0.2, 0.25) is 0 Å². The van der Waals surface area contributed by atoms with Crippen LogP contribution in [-0.4, -0.2) is 15.1 Å². The normalized spacial score (nSPS) is 41.6. The summed E-state index contributed by atoms with van der Waals surface area (Å²) in [5, 5.41) is 10.3. The van der Waals surface area contributed by atoms with E-state index in [2.05, 4.69) is 9.97 Å². The molecule has 2 fully saturated rings. The molecule has 0 aliphatic heterocycles. The minimum atomic E-state index is -0.619. The summed E-state index contributed by atoms with van der Waals surface area (Å²) in [6.07, 6.45) is 8.55. The van der Waals surface area contributed by atoms with Gasteiger partial charge in [0, 0.05) is 12.4 Å². The summed E-state index contributed by atoms with van der Waals surface area (Å²) in [7, 11) is 0. The van der Waals surface area contributed by atoms with Gasteiger partial charge in [0.1, 0.15) is 5.60 Å². The van der Waals surface area contributed by atoms with Crippen molar-refractivity contribution in [2.24, 2.45) is 11.8 Å². The number of aliphatic hydroxyl groups is 1. The van der Waals surface area contributed by atoms with E-state index in [9.17, 15) is 5.11 Å². The lowest BCUT2D eigenvalue weighted by molar-refractivity contribution is 0.100. The van der Waals surface area contributed by atoms with E-state index in [1.54, 1.807) is 18.6 Å². The van der Waals surface area contributed by atoms with Crippen molar-refractivity contribution in [2.75, 3.05) is 0 Å². The van der Waals surface area contributed by atoms with Gasteiger partial charge in [0.25, 0.3) is 0 Å². The maximum atomic E-state index is 10.3. The monoisotopic (exact) mass is 176 g/mol. The Labute approximate surface area is 76.8 Å². The zero-order chi connectivity index (χ0) is 8.89. The molecule has 0 amide bonds. The molecule has 1 aromatic rings. The van der Waals surface area contributed by atoms with Crippen LogP contribution in [0.2, 0.25) is 0 Å². The number of rotatable bonds is 1. The molecule has 2 aliphatic rings. The van der Waals surface area contributed by atoms with Gasteiger partial charge in [-0.1, -0.05) is 6.42 Å². The summed E-state index contributed by atoms with van der Waals surface area (Å²) in [6, 6.07) is 0. The van der Waals surface area contributed by atoms with Crippen LogP contribution in [0, 0.1) is 11.8 Å². The molecular weight excluding hydrogens is 164 g/mol. The van der Waals surface area contributed by atoms with Gasteiger partial charge in [-0.05, 0) is 24.7 Å². The van der Waals surface area contributed by atoms with E-state index in [0.29, 0.717) is 11.8 Å². The molecule has 0 saturated heterocycles. The Hall–Kier alpha value is -0.960. The molecule has 2 aliphatic carbocycles. The van der Waals surface area contributed by atoms with E-state index in [1.165, 1.54) is 6.42 Å². The Morgan fingerprint density at radius 2 is 2.08 bits per heavy atom. The molecule has 3 heteroatoms. The average Bonchev–Trinajstić information content (AvgIpc) is 2.62. The molecule has 0 aromatic carbocycles. The van der Waals surface area contributed by atoms with Gasteiger partial charge in [-0.15, -0.1) is 0 Å². The summed E-state index contributed by atoms with van der Waals surface area (Å²) in [5.41, 5.74) is 0.150. The number of nitrogens with zero attached hydrogens (tertiary/aromatic N) is 2. The Morgan fingerprint density at radius 1 is 1.31 bits per heavy atom. The molecule has 68 valence electrons. The predicted octanol–water partition coefficient (Wildman–Crippen LogP) is 1.09.